The minimum Gasteiger partial charge on any atom is -0.379 e. The van der Waals surface area contributed by atoms with Crippen molar-refractivity contribution in [1.82, 2.24) is 9.62 Å². The van der Waals surface area contributed by atoms with Crippen molar-refractivity contribution in [2.75, 3.05) is 19.7 Å². The van der Waals surface area contributed by atoms with Crippen LogP contribution in [0.4, 0.5) is 0 Å². The molecule has 0 saturated carbocycles. The normalized spacial score (nSPS) is 11.6. The minimum absolute atomic E-state index is 0.161. The molecule has 0 atom stereocenters. The Hall–Kier alpha value is -2.48. The fourth-order valence-corrected chi connectivity index (χ4v) is 4.21. The highest BCUT2D eigenvalue weighted by Crippen LogP contribution is 2.18. The number of ether oxygens (including phenoxy) is 1. The summed E-state index contributed by atoms with van der Waals surface area (Å²) >= 11 is 0. The summed E-state index contributed by atoms with van der Waals surface area (Å²) in [6.07, 6.45) is 2.49. The molecule has 0 aliphatic heterocycles. The van der Waals surface area contributed by atoms with E-state index in [9.17, 15) is 13.2 Å². The Labute approximate surface area is 179 Å². The van der Waals surface area contributed by atoms with E-state index in [1.807, 2.05) is 13.8 Å². The number of sulfonamides is 1. The monoisotopic (exact) mass is 430 g/mol. The van der Waals surface area contributed by atoms with Gasteiger partial charge in [0.25, 0.3) is 5.91 Å². The quantitative estimate of drug-likeness (QED) is 0.412. The van der Waals surface area contributed by atoms with Gasteiger partial charge in [0.2, 0.25) is 10.0 Å². The second-order valence-corrected chi connectivity index (χ2v) is 9.06. The molecule has 162 valence electrons. The third-order valence-corrected chi connectivity index (χ3v) is 6.17. The van der Waals surface area contributed by atoms with E-state index in [2.05, 4.69) is 11.9 Å². The van der Waals surface area contributed by atoms with E-state index in [0.29, 0.717) is 18.7 Å². The number of amides is 1. The van der Waals surface area contributed by atoms with E-state index in [4.69, 9.17) is 4.74 Å². The third-order valence-electron chi connectivity index (χ3n) is 4.35. The predicted molar refractivity (Wildman–Crippen MR) is 119 cm³/mol. The first kappa shape index (κ1) is 23.8. The Morgan fingerprint density at radius 2 is 1.80 bits per heavy atom. The standard InChI is InChI=1S/C23H30N2O4S/c1-4-16-25(30(27,28)22-9-6-5-7-10-22)18-20-11-13-21(14-12-20)23(26)24-15-8-17-29-19(2)3/h4-7,9-14,19H,1,8,15-18H2,2-3H3,(H,24,26). The average molecular weight is 431 g/mol. The third kappa shape index (κ3) is 7.09. The van der Waals surface area contributed by atoms with E-state index < -0.39 is 10.0 Å². The Morgan fingerprint density at radius 1 is 1.13 bits per heavy atom. The van der Waals surface area contributed by atoms with E-state index in [-0.39, 0.29) is 30.0 Å². The molecule has 0 aromatic heterocycles. The number of hydrogen-bond acceptors (Lipinski definition) is 4. The van der Waals surface area contributed by atoms with Gasteiger partial charge in [0.05, 0.1) is 11.0 Å². The number of rotatable bonds is 12. The molecule has 0 aliphatic rings. The van der Waals surface area contributed by atoms with E-state index in [0.717, 1.165) is 12.0 Å². The summed E-state index contributed by atoms with van der Waals surface area (Å²) in [7, 11) is -3.64. The average Bonchev–Trinajstić information content (AvgIpc) is 2.74. The van der Waals surface area contributed by atoms with Gasteiger partial charge >= 0.3 is 0 Å². The van der Waals surface area contributed by atoms with Crippen LogP contribution in [0, 0.1) is 0 Å². The van der Waals surface area contributed by atoms with Gasteiger partial charge in [-0.1, -0.05) is 36.4 Å². The molecule has 30 heavy (non-hydrogen) atoms. The maximum atomic E-state index is 12.9. The van der Waals surface area contributed by atoms with Crippen LogP contribution in [0.15, 0.2) is 72.1 Å². The van der Waals surface area contributed by atoms with Crippen LogP contribution in [-0.4, -0.2) is 44.4 Å². The van der Waals surface area contributed by atoms with Gasteiger partial charge in [0, 0.05) is 31.8 Å². The molecule has 0 unspecified atom stereocenters. The van der Waals surface area contributed by atoms with Gasteiger partial charge < -0.3 is 10.1 Å². The molecule has 7 heteroatoms. The zero-order valence-electron chi connectivity index (χ0n) is 17.6. The van der Waals surface area contributed by atoms with Crippen LogP contribution in [0.25, 0.3) is 0 Å². The number of carbonyl (C=O) groups excluding carboxylic acids is 1. The molecule has 2 rings (SSSR count). The molecule has 0 spiro atoms. The first-order valence-electron chi connectivity index (χ1n) is 9.99. The highest BCUT2D eigenvalue weighted by molar-refractivity contribution is 7.89. The number of benzene rings is 2. The molecule has 0 heterocycles. The highest BCUT2D eigenvalue weighted by Gasteiger charge is 2.23. The largest absolute Gasteiger partial charge is 0.379 e. The summed E-state index contributed by atoms with van der Waals surface area (Å²) < 4.78 is 32.6. The SMILES string of the molecule is C=CCN(Cc1ccc(C(=O)NCCCOC(C)C)cc1)S(=O)(=O)c1ccccc1. The van der Waals surface area contributed by atoms with Crippen molar-refractivity contribution in [3.05, 3.63) is 78.4 Å². The number of nitrogens with zero attached hydrogens (tertiary/aromatic N) is 1. The number of nitrogens with one attached hydrogen (secondary N) is 1. The van der Waals surface area contributed by atoms with Crippen molar-refractivity contribution in [2.45, 2.75) is 37.8 Å². The molecule has 2 aromatic rings. The molecule has 0 radical (unpaired) electrons. The summed E-state index contributed by atoms with van der Waals surface area (Å²) in [4.78, 5) is 12.5. The van der Waals surface area contributed by atoms with Gasteiger partial charge in [-0.3, -0.25) is 4.79 Å². The van der Waals surface area contributed by atoms with Gasteiger partial charge in [0.1, 0.15) is 0 Å². The summed E-state index contributed by atoms with van der Waals surface area (Å²) in [6.45, 7) is 9.14. The smallest absolute Gasteiger partial charge is 0.251 e. The second-order valence-electron chi connectivity index (χ2n) is 7.13. The van der Waals surface area contributed by atoms with Gasteiger partial charge in [-0.15, -0.1) is 6.58 Å². The molecule has 0 saturated heterocycles. The summed E-state index contributed by atoms with van der Waals surface area (Å²) in [5, 5.41) is 2.86. The lowest BCUT2D eigenvalue weighted by atomic mass is 10.1. The Kier molecular flexibility index (Phi) is 9.23. The van der Waals surface area contributed by atoms with Gasteiger partial charge in [0.15, 0.2) is 0 Å². The van der Waals surface area contributed by atoms with Crippen molar-refractivity contribution in [1.29, 1.82) is 0 Å². The van der Waals surface area contributed by atoms with Crippen LogP contribution >= 0.6 is 0 Å². The van der Waals surface area contributed by atoms with Crippen LogP contribution < -0.4 is 5.32 Å². The molecular formula is C23H30N2O4S. The summed E-state index contributed by atoms with van der Waals surface area (Å²) in [6, 6.07) is 15.3. The molecular weight excluding hydrogens is 400 g/mol. The maximum Gasteiger partial charge on any atom is 0.251 e. The van der Waals surface area contributed by atoms with Crippen molar-refractivity contribution in [3.63, 3.8) is 0 Å². The summed E-state index contributed by atoms with van der Waals surface area (Å²) in [5.74, 6) is -0.161. The molecule has 1 N–H and O–H groups in total. The molecule has 6 nitrogen and oxygen atoms in total. The molecule has 0 fully saturated rings. The van der Waals surface area contributed by atoms with Crippen LogP contribution in [-0.2, 0) is 21.3 Å². The van der Waals surface area contributed by atoms with E-state index in [1.165, 1.54) is 4.31 Å². The topological polar surface area (TPSA) is 75.7 Å². The van der Waals surface area contributed by atoms with E-state index in [1.54, 1.807) is 60.7 Å². The van der Waals surface area contributed by atoms with Crippen molar-refractivity contribution in [3.8, 4) is 0 Å². The molecule has 0 aliphatic carbocycles. The van der Waals surface area contributed by atoms with Crippen LogP contribution in [0.5, 0.6) is 0 Å². The second kappa shape index (κ2) is 11.6. The van der Waals surface area contributed by atoms with Crippen molar-refractivity contribution >= 4 is 15.9 Å². The van der Waals surface area contributed by atoms with Crippen LogP contribution in [0.2, 0.25) is 0 Å². The van der Waals surface area contributed by atoms with Crippen LogP contribution in [0.3, 0.4) is 0 Å². The molecule has 0 bridgehead atoms. The lowest BCUT2D eigenvalue weighted by molar-refractivity contribution is 0.0757. The zero-order chi connectivity index (χ0) is 22.0. The van der Waals surface area contributed by atoms with Crippen molar-refractivity contribution in [2.24, 2.45) is 0 Å². The van der Waals surface area contributed by atoms with Gasteiger partial charge in [-0.2, -0.15) is 4.31 Å². The van der Waals surface area contributed by atoms with Crippen molar-refractivity contribution < 1.29 is 17.9 Å². The lowest BCUT2D eigenvalue weighted by Crippen LogP contribution is -2.31. The first-order valence-corrected chi connectivity index (χ1v) is 11.4. The van der Waals surface area contributed by atoms with Gasteiger partial charge in [-0.25, -0.2) is 8.42 Å². The lowest BCUT2D eigenvalue weighted by Gasteiger charge is -2.21. The summed E-state index contributed by atoms with van der Waals surface area (Å²) in [5.41, 5.74) is 1.32. The Bertz CT molecular complexity index is 910. The minimum atomic E-state index is -3.64. The maximum absolute atomic E-state index is 12.9. The van der Waals surface area contributed by atoms with Gasteiger partial charge in [-0.05, 0) is 50.1 Å². The highest BCUT2D eigenvalue weighted by atomic mass is 32.2. The fourth-order valence-electron chi connectivity index (χ4n) is 2.79. The van der Waals surface area contributed by atoms with E-state index >= 15 is 0 Å². The van der Waals surface area contributed by atoms with Crippen LogP contribution in [0.1, 0.15) is 36.2 Å². The number of hydrogen-bond donors (Lipinski definition) is 1. The fraction of sp³-hybridized carbons (Fsp3) is 0.348. The number of carbonyl (C=O) groups is 1. The Morgan fingerprint density at radius 3 is 2.40 bits per heavy atom. The molecule has 2 aromatic carbocycles. The zero-order valence-corrected chi connectivity index (χ0v) is 18.4. The molecule has 1 amide bonds. The predicted octanol–water partition coefficient (Wildman–Crippen LogP) is 3.61. The Balaban J connectivity index is 1.99. The first-order chi connectivity index (χ1) is 14.3.